The van der Waals surface area contributed by atoms with Gasteiger partial charge in [-0.15, -0.1) is 5.10 Å². The van der Waals surface area contributed by atoms with Crippen LogP contribution in [0.3, 0.4) is 0 Å². The maximum absolute atomic E-state index is 10.8. The van der Waals surface area contributed by atoms with Crippen LogP contribution in [-0.4, -0.2) is 26.1 Å². The van der Waals surface area contributed by atoms with Gasteiger partial charge in [0.15, 0.2) is 0 Å². The van der Waals surface area contributed by atoms with Crippen molar-refractivity contribution in [2.45, 2.75) is 20.4 Å². The SMILES string of the molecule is CC(C)Cn1nnc2cc(C(=O)O)ccc21. The smallest absolute Gasteiger partial charge is 0.335 e. The van der Waals surface area contributed by atoms with E-state index in [1.54, 1.807) is 22.9 Å². The molecule has 5 heteroatoms. The number of benzene rings is 1. The molecule has 0 amide bonds. The van der Waals surface area contributed by atoms with Crippen LogP contribution in [0.15, 0.2) is 18.2 Å². The summed E-state index contributed by atoms with van der Waals surface area (Å²) in [5.41, 5.74) is 1.74. The Balaban J connectivity index is 2.46. The van der Waals surface area contributed by atoms with Crippen molar-refractivity contribution in [1.29, 1.82) is 0 Å². The number of aromatic nitrogens is 3. The van der Waals surface area contributed by atoms with Crippen molar-refractivity contribution in [3.63, 3.8) is 0 Å². The lowest BCUT2D eigenvalue weighted by Crippen LogP contribution is -2.06. The highest BCUT2D eigenvalue weighted by Crippen LogP contribution is 2.14. The first-order valence-electron chi connectivity index (χ1n) is 5.14. The first-order valence-corrected chi connectivity index (χ1v) is 5.14. The van der Waals surface area contributed by atoms with Gasteiger partial charge in [0.2, 0.25) is 0 Å². The van der Waals surface area contributed by atoms with Gasteiger partial charge in [-0.3, -0.25) is 0 Å². The quantitative estimate of drug-likeness (QED) is 0.854. The first kappa shape index (κ1) is 10.6. The van der Waals surface area contributed by atoms with Crippen LogP contribution < -0.4 is 0 Å². The van der Waals surface area contributed by atoms with E-state index in [4.69, 9.17) is 5.11 Å². The lowest BCUT2D eigenvalue weighted by atomic mass is 10.2. The normalized spacial score (nSPS) is 11.2. The van der Waals surface area contributed by atoms with Gasteiger partial charge < -0.3 is 5.11 Å². The van der Waals surface area contributed by atoms with E-state index in [1.165, 1.54) is 0 Å². The van der Waals surface area contributed by atoms with E-state index >= 15 is 0 Å². The summed E-state index contributed by atoms with van der Waals surface area (Å²) in [4.78, 5) is 10.8. The van der Waals surface area contributed by atoms with Crippen molar-refractivity contribution >= 4 is 17.0 Å². The molecule has 2 rings (SSSR count). The highest BCUT2D eigenvalue weighted by molar-refractivity contribution is 5.92. The van der Waals surface area contributed by atoms with Crippen LogP contribution in [0, 0.1) is 5.92 Å². The molecule has 0 aliphatic carbocycles. The van der Waals surface area contributed by atoms with Crippen molar-refractivity contribution in [2.24, 2.45) is 5.92 Å². The molecule has 1 N–H and O–H groups in total. The number of rotatable bonds is 3. The van der Waals surface area contributed by atoms with E-state index in [0.29, 0.717) is 11.4 Å². The number of hydrogen-bond acceptors (Lipinski definition) is 3. The second-order valence-corrected chi connectivity index (χ2v) is 4.17. The van der Waals surface area contributed by atoms with E-state index in [-0.39, 0.29) is 5.56 Å². The number of hydrogen-bond donors (Lipinski definition) is 1. The summed E-state index contributed by atoms with van der Waals surface area (Å²) in [7, 11) is 0. The van der Waals surface area contributed by atoms with E-state index in [9.17, 15) is 4.79 Å². The van der Waals surface area contributed by atoms with Gasteiger partial charge in [0, 0.05) is 6.54 Å². The maximum Gasteiger partial charge on any atom is 0.335 e. The van der Waals surface area contributed by atoms with Crippen molar-refractivity contribution in [1.82, 2.24) is 15.0 Å². The van der Waals surface area contributed by atoms with Gasteiger partial charge in [-0.1, -0.05) is 19.1 Å². The number of fused-ring (bicyclic) bond motifs is 1. The summed E-state index contributed by atoms with van der Waals surface area (Å²) < 4.78 is 1.80. The third-order valence-corrected chi connectivity index (χ3v) is 2.30. The number of carbonyl (C=O) groups is 1. The van der Waals surface area contributed by atoms with Gasteiger partial charge in [-0.2, -0.15) is 0 Å². The second kappa shape index (κ2) is 3.92. The summed E-state index contributed by atoms with van der Waals surface area (Å²) >= 11 is 0. The topological polar surface area (TPSA) is 68.0 Å². The van der Waals surface area contributed by atoms with E-state index in [2.05, 4.69) is 24.2 Å². The Hall–Kier alpha value is -1.91. The molecule has 0 saturated carbocycles. The Morgan fingerprint density at radius 2 is 2.25 bits per heavy atom. The van der Waals surface area contributed by atoms with Crippen LogP contribution in [0.2, 0.25) is 0 Å². The molecule has 1 aromatic heterocycles. The zero-order valence-electron chi connectivity index (χ0n) is 9.21. The van der Waals surface area contributed by atoms with Gasteiger partial charge in [0.1, 0.15) is 5.52 Å². The minimum Gasteiger partial charge on any atom is -0.478 e. The van der Waals surface area contributed by atoms with Crippen LogP contribution in [0.5, 0.6) is 0 Å². The highest BCUT2D eigenvalue weighted by atomic mass is 16.4. The average molecular weight is 219 g/mol. The fraction of sp³-hybridized carbons (Fsp3) is 0.364. The van der Waals surface area contributed by atoms with Crippen LogP contribution in [0.4, 0.5) is 0 Å². The lowest BCUT2D eigenvalue weighted by molar-refractivity contribution is 0.0697. The number of carboxylic acids is 1. The van der Waals surface area contributed by atoms with Gasteiger partial charge in [-0.25, -0.2) is 9.48 Å². The molecule has 0 saturated heterocycles. The van der Waals surface area contributed by atoms with E-state index in [0.717, 1.165) is 12.1 Å². The molecular weight excluding hydrogens is 206 g/mol. The largest absolute Gasteiger partial charge is 0.478 e. The summed E-state index contributed by atoms with van der Waals surface area (Å²) in [5, 5.41) is 16.8. The molecule has 84 valence electrons. The summed E-state index contributed by atoms with van der Waals surface area (Å²) in [5.74, 6) is -0.468. The molecule has 0 aliphatic heterocycles. The summed E-state index contributed by atoms with van der Waals surface area (Å²) in [6, 6.07) is 4.87. The molecule has 0 fully saturated rings. The Bertz CT molecular complexity index is 531. The van der Waals surface area contributed by atoms with Gasteiger partial charge in [-0.05, 0) is 24.1 Å². The van der Waals surface area contributed by atoms with Crippen molar-refractivity contribution in [3.05, 3.63) is 23.8 Å². The molecule has 0 bridgehead atoms. The monoisotopic (exact) mass is 219 g/mol. The Morgan fingerprint density at radius 3 is 2.88 bits per heavy atom. The Morgan fingerprint density at radius 1 is 1.50 bits per heavy atom. The number of nitrogens with zero attached hydrogens (tertiary/aromatic N) is 3. The van der Waals surface area contributed by atoms with Crippen molar-refractivity contribution in [2.75, 3.05) is 0 Å². The third-order valence-electron chi connectivity index (χ3n) is 2.30. The van der Waals surface area contributed by atoms with Crippen molar-refractivity contribution < 1.29 is 9.90 Å². The molecule has 5 nitrogen and oxygen atoms in total. The molecule has 1 heterocycles. The minimum atomic E-state index is -0.944. The molecule has 0 spiro atoms. The fourth-order valence-electron chi connectivity index (χ4n) is 1.59. The zero-order valence-corrected chi connectivity index (χ0v) is 9.21. The van der Waals surface area contributed by atoms with Gasteiger partial charge >= 0.3 is 5.97 Å². The predicted octanol–water partition coefficient (Wildman–Crippen LogP) is 1.79. The molecule has 0 radical (unpaired) electrons. The van der Waals surface area contributed by atoms with E-state index < -0.39 is 5.97 Å². The van der Waals surface area contributed by atoms with Crippen LogP contribution in [0.1, 0.15) is 24.2 Å². The Kier molecular flexibility index (Phi) is 2.60. The average Bonchev–Trinajstić information content (AvgIpc) is 2.60. The fourth-order valence-corrected chi connectivity index (χ4v) is 1.59. The summed E-state index contributed by atoms with van der Waals surface area (Å²) in [6.07, 6.45) is 0. The predicted molar refractivity (Wildman–Crippen MR) is 59.3 cm³/mol. The minimum absolute atomic E-state index is 0.240. The second-order valence-electron chi connectivity index (χ2n) is 4.17. The molecule has 16 heavy (non-hydrogen) atoms. The molecular formula is C11H13N3O2. The van der Waals surface area contributed by atoms with Gasteiger partial charge in [0.05, 0.1) is 11.1 Å². The third kappa shape index (κ3) is 1.88. The Labute approximate surface area is 92.7 Å². The standard InChI is InChI=1S/C11H13N3O2/c1-7(2)6-14-10-4-3-8(11(15)16)5-9(10)12-13-14/h3-5,7H,6H2,1-2H3,(H,15,16). The van der Waals surface area contributed by atoms with Crippen LogP contribution >= 0.6 is 0 Å². The van der Waals surface area contributed by atoms with Crippen LogP contribution in [0.25, 0.3) is 11.0 Å². The maximum atomic E-state index is 10.8. The van der Waals surface area contributed by atoms with E-state index in [1.807, 2.05) is 0 Å². The van der Waals surface area contributed by atoms with Crippen molar-refractivity contribution in [3.8, 4) is 0 Å². The molecule has 2 aromatic rings. The highest BCUT2D eigenvalue weighted by Gasteiger charge is 2.09. The molecule has 0 unspecified atom stereocenters. The number of aromatic carboxylic acids is 1. The van der Waals surface area contributed by atoms with Crippen LogP contribution in [-0.2, 0) is 6.54 Å². The molecule has 0 aliphatic rings. The summed E-state index contributed by atoms with van der Waals surface area (Å²) in [6.45, 7) is 4.97. The molecule has 0 atom stereocenters. The zero-order chi connectivity index (χ0) is 11.7. The lowest BCUT2D eigenvalue weighted by Gasteiger charge is -2.04. The first-order chi connectivity index (χ1) is 7.58. The number of carboxylic acid groups (broad SMARTS) is 1. The molecule has 1 aromatic carbocycles. The van der Waals surface area contributed by atoms with Gasteiger partial charge in [0.25, 0.3) is 0 Å².